The molecule has 0 spiro atoms. The summed E-state index contributed by atoms with van der Waals surface area (Å²) in [6.07, 6.45) is -1.17. The van der Waals surface area contributed by atoms with Crippen molar-refractivity contribution in [3.63, 3.8) is 0 Å². The number of benzene rings is 1. The van der Waals surface area contributed by atoms with Gasteiger partial charge in [0.05, 0.1) is 17.6 Å². The number of imidazole rings is 1. The van der Waals surface area contributed by atoms with Crippen LogP contribution in [0.1, 0.15) is 39.9 Å². The summed E-state index contributed by atoms with van der Waals surface area (Å²) in [7, 11) is 1.80. The molecule has 0 bridgehead atoms. The second kappa shape index (κ2) is 7.86. The first-order chi connectivity index (χ1) is 16.5. The van der Waals surface area contributed by atoms with Gasteiger partial charge in [0.2, 0.25) is 0 Å². The SMILES string of the molecule is Cc1cn(-c2ccc3n(c2=O)C[C@@H](C)N(Cc2c(C)n(C)c4ccc(C(F)(F)F)cc24)C3=O)cn1. The molecule has 1 atom stereocenters. The summed E-state index contributed by atoms with van der Waals surface area (Å²) in [4.78, 5) is 32.4. The minimum absolute atomic E-state index is 0.140. The Kier molecular flexibility index (Phi) is 5.15. The summed E-state index contributed by atoms with van der Waals surface area (Å²) in [5.41, 5.74) is 2.50. The first-order valence-corrected chi connectivity index (χ1v) is 11.2. The average Bonchev–Trinajstić information content (AvgIpc) is 3.33. The fourth-order valence-electron chi connectivity index (χ4n) is 4.82. The molecule has 10 heteroatoms. The molecule has 1 aliphatic heterocycles. The van der Waals surface area contributed by atoms with Crippen molar-refractivity contribution >= 4 is 16.8 Å². The van der Waals surface area contributed by atoms with Crippen molar-refractivity contribution in [2.75, 3.05) is 0 Å². The Morgan fingerprint density at radius 1 is 1.11 bits per heavy atom. The van der Waals surface area contributed by atoms with Crippen molar-refractivity contribution in [1.29, 1.82) is 0 Å². The maximum absolute atomic E-state index is 13.5. The van der Waals surface area contributed by atoms with Crippen LogP contribution in [0, 0.1) is 13.8 Å². The van der Waals surface area contributed by atoms with Crippen LogP contribution in [0.15, 0.2) is 47.7 Å². The van der Waals surface area contributed by atoms with Crippen LogP contribution in [0.4, 0.5) is 13.2 Å². The Morgan fingerprint density at radius 2 is 1.86 bits per heavy atom. The molecule has 4 aromatic rings. The van der Waals surface area contributed by atoms with Gasteiger partial charge in [-0.2, -0.15) is 13.2 Å². The number of halogens is 3. The van der Waals surface area contributed by atoms with Crippen LogP contribution in [0.3, 0.4) is 0 Å². The first kappa shape index (κ1) is 22.9. The fraction of sp³-hybridized carbons (Fsp3) is 0.320. The number of carbonyl (C=O) groups is 1. The van der Waals surface area contributed by atoms with Crippen LogP contribution in [0.25, 0.3) is 16.6 Å². The number of amides is 1. The minimum atomic E-state index is -4.46. The van der Waals surface area contributed by atoms with E-state index in [9.17, 15) is 22.8 Å². The van der Waals surface area contributed by atoms with Gasteiger partial charge in [0.25, 0.3) is 11.5 Å². The van der Waals surface area contributed by atoms with Crippen molar-refractivity contribution in [2.45, 2.75) is 46.1 Å². The van der Waals surface area contributed by atoms with Crippen molar-refractivity contribution in [3.05, 3.63) is 81.4 Å². The van der Waals surface area contributed by atoms with Gasteiger partial charge in [0.1, 0.15) is 11.4 Å². The van der Waals surface area contributed by atoms with Crippen LogP contribution in [0.2, 0.25) is 0 Å². The predicted molar refractivity (Wildman–Crippen MR) is 125 cm³/mol. The molecule has 1 amide bonds. The molecule has 182 valence electrons. The van der Waals surface area contributed by atoms with Gasteiger partial charge < -0.3 is 18.6 Å². The van der Waals surface area contributed by atoms with Crippen molar-refractivity contribution in [1.82, 2.24) is 23.6 Å². The second-order valence-electron chi connectivity index (χ2n) is 9.08. The van der Waals surface area contributed by atoms with Crippen LogP contribution in [0.5, 0.6) is 0 Å². The van der Waals surface area contributed by atoms with E-state index in [0.717, 1.165) is 23.5 Å². The summed E-state index contributed by atoms with van der Waals surface area (Å²) in [6, 6.07) is 6.56. The Labute approximate surface area is 199 Å². The third-order valence-corrected chi connectivity index (χ3v) is 6.88. The zero-order chi connectivity index (χ0) is 25.2. The molecule has 7 nitrogen and oxygen atoms in total. The van der Waals surface area contributed by atoms with E-state index in [4.69, 9.17) is 0 Å². The Bertz CT molecular complexity index is 1540. The van der Waals surface area contributed by atoms with Crippen molar-refractivity contribution < 1.29 is 18.0 Å². The van der Waals surface area contributed by atoms with E-state index >= 15 is 0 Å². The Balaban J connectivity index is 1.55. The van der Waals surface area contributed by atoms with Gasteiger partial charge in [-0.15, -0.1) is 0 Å². The topological polar surface area (TPSA) is 65.1 Å². The molecule has 0 saturated heterocycles. The molecule has 0 saturated carbocycles. The van der Waals surface area contributed by atoms with E-state index in [1.807, 2.05) is 25.3 Å². The molecule has 0 unspecified atom stereocenters. The van der Waals surface area contributed by atoms with Gasteiger partial charge in [0, 0.05) is 54.5 Å². The number of hydrogen-bond donors (Lipinski definition) is 0. The van der Waals surface area contributed by atoms with Crippen LogP contribution >= 0.6 is 0 Å². The molecule has 0 radical (unpaired) electrons. The van der Waals surface area contributed by atoms with Crippen LogP contribution in [-0.4, -0.2) is 35.5 Å². The molecule has 0 N–H and O–H groups in total. The first-order valence-electron chi connectivity index (χ1n) is 11.2. The van der Waals surface area contributed by atoms with E-state index in [1.54, 1.807) is 41.2 Å². The zero-order valence-corrected chi connectivity index (χ0v) is 19.7. The summed E-state index contributed by atoms with van der Waals surface area (Å²) in [5.74, 6) is -0.336. The number of nitrogens with zero attached hydrogens (tertiary/aromatic N) is 5. The predicted octanol–water partition coefficient (Wildman–Crippen LogP) is 4.21. The quantitative estimate of drug-likeness (QED) is 0.439. The lowest BCUT2D eigenvalue weighted by Crippen LogP contribution is -2.49. The maximum atomic E-state index is 13.5. The van der Waals surface area contributed by atoms with Gasteiger partial charge in [-0.25, -0.2) is 4.98 Å². The molecule has 4 heterocycles. The zero-order valence-electron chi connectivity index (χ0n) is 19.7. The average molecular weight is 483 g/mol. The highest BCUT2D eigenvalue weighted by Crippen LogP contribution is 2.35. The highest BCUT2D eigenvalue weighted by molar-refractivity contribution is 5.94. The lowest BCUT2D eigenvalue weighted by Gasteiger charge is -2.35. The van der Waals surface area contributed by atoms with Gasteiger partial charge in [0.15, 0.2) is 0 Å². The number of aromatic nitrogens is 4. The second-order valence-corrected chi connectivity index (χ2v) is 9.08. The molecule has 1 aromatic carbocycles. The van der Waals surface area contributed by atoms with Gasteiger partial charge in [-0.3, -0.25) is 9.59 Å². The standard InChI is InChI=1S/C25H24F3N5O2/c1-14-10-31(13-29-14)21-7-8-22-24(35)32(15(2)11-33(22)23(21)34)12-19-16(3)30(4)20-6-5-17(9-18(19)20)25(26,27)28/h5-10,13,15H,11-12H2,1-4H3/t15-/m1/s1. The number of hydrogen-bond acceptors (Lipinski definition) is 3. The van der Waals surface area contributed by atoms with E-state index in [-0.39, 0.29) is 36.3 Å². The van der Waals surface area contributed by atoms with Crippen LogP contribution in [-0.2, 0) is 26.3 Å². The highest BCUT2D eigenvalue weighted by atomic mass is 19.4. The summed E-state index contributed by atoms with van der Waals surface area (Å²) >= 11 is 0. The fourth-order valence-corrected chi connectivity index (χ4v) is 4.82. The van der Waals surface area contributed by atoms with E-state index < -0.39 is 11.7 Å². The van der Waals surface area contributed by atoms with E-state index in [0.29, 0.717) is 22.2 Å². The van der Waals surface area contributed by atoms with Gasteiger partial charge >= 0.3 is 6.18 Å². The summed E-state index contributed by atoms with van der Waals surface area (Å²) < 4.78 is 45.1. The molecule has 35 heavy (non-hydrogen) atoms. The lowest BCUT2D eigenvalue weighted by atomic mass is 10.0. The van der Waals surface area contributed by atoms with Crippen molar-refractivity contribution in [2.24, 2.45) is 7.05 Å². The largest absolute Gasteiger partial charge is 0.416 e. The Morgan fingerprint density at radius 3 is 2.51 bits per heavy atom. The van der Waals surface area contributed by atoms with E-state index in [1.165, 1.54) is 10.6 Å². The molecule has 0 fully saturated rings. The number of aryl methyl sites for hydroxylation is 2. The summed E-state index contributed by atoms with van der Waals surface area (Å²) in [5, 5.41) is 0.466. The molecule has 1 aliphatic rings. The monoisotopic (exact) mass is 483 g/mol. The number of alkyl halides is 3. The number of fused-ring (bicyclic) bond motifs is 2. The maximum Gasteiger partial charge on any atom is 0.416 e. The van der Waals surface area contributed by atoms with E-state index in [2.05, 4.69) is 4.98 Å². The lowest BCUT2D eigenvalue weighted by molar-refractivity contribution is -0.137. The Hall–Kier alpha value is -3.82. The third kappa shape index (κ3) is 3.64. The molecular weight excluding hydrogens is 459 g/mol. The summed E-state index contributed by atoms with van der Waals surface area (Å²) in [6.45, 7) is 5.91. The van der Waals surface area contributed by atoms with Crippen LogP contribution < -0.4 is 5.56 Å². The number of rotatable bonds is 3. The minimum Gasteiger partial charge on any atom is -0.348 e. The highest BCUT2D eigenvalue weighted by Gasteiger charge is 2.34. The van der Waals surface area contributed by atoms with Crippen molar-refractivity contribution in [3.8, 4) is 5.69 Å². The normalized spacial score (nSPS) is 16.3. The molecular formula is C25H24F3N5O2. The number of carbonyl (C=O) groups excluding carboxylic acids is 1. The molecule has 0 aliphatic carbocycles. The van der Waals surface area contributed by atoms with Gasteiger partial charge in [-0.05, 0) is 51.1 Å². The number of pyridine rings is 1. The van der Waals surface area contributed by atoms with Gasteiger partial charge in [-0.1, -0.05) is 0 Å². The third-order valence-electron chi connectivity index (χ3n) is 6.88. The molecule has 3 aromatic heterocycles. The molecule has 5 rings (SSSR count). The smallest absolute Gasteiger partial charge is 0.348 e.